The fourth-order valence-electron chi connectivity index (χ4n) is 5.02. The zero-order chi connectivity index (χ0) is 24.2. The van der Waals surface area contributed by atoms with Gasteiger partial charge in [-0.3, -0.25) is 4.79 Å². The monoisotopic (exact) mass is 486 g/mol. The van der Waals surface area contributed by atoms with E-state index in [2.05, 4.69) is 10.3 Å². The number of rotatable bonds is 4. The highest BCUT2D eigenvalue weighted by atomic mass is 32.1. The average molecular weight is 487 g/mol. The van der Waals surface area contributed by atoms with Crippen molar-refractivity contribution in [3.05, 3.63) is 45.6 Å². The van der Waals surface area contributed by atoms with Crippen molar-refractivity contribution in [2.24, 2.45) is 5.73 Å². The minimum atomic E-state index is -2.56. The fourth-order valence-corrected chi connectivity index (χ4v) is 6.14. The van der Waals surface area contributed by atoms with E-state index in [9.17, 15) is 13.6 Å². The van der Waals surface area contributed by atoms with Crippen LogP contribution < -0.4 is 21.7 Å². The van der Waals surface area contributed by atoms with Gasteiger partial charge in [-0.05, 0) is 62.8 Å². The first-order chi connectivity index (χ1) is 16.1. The summed E-state index contributed by atoms with van der Waals surface area (Å²) in [6.07, 6.45) is -0.209. The molecule has 180 valence electrons. The Kier molecular flexibility index (Phi) is 5.68. The van der Waals surface area contributed by atoms with Gasteiger partial charge < -0.3 is 21.7 Å². The molecule has 2 unspecified atom stereocenters. The van der Waals surface area contributed by atoms with E-state index in [0.29, 0.717) is 35.8 Å². The lowest BCUT2D eigenvalue weighted by atomic mass is 9.91. The van der Waals surface area contributed by atoms with E-state index in [-0.39, 0.29) is 24.9 Å². The lowest BCUT2D eigenvalue weighted by Gasteiger charge is -2.27. The second-order valence-electron chi connectivity index (χ2n) is 9.50. The van der Waals surface area contributed by atoms with E-state index in [1.807, 2.05) is 36.9 Å². The third kappa shape index (κ3) is 3.98. The Morgan fingerprint density at radius 1 is 1.32 bits per heavy atom. The summed E-state index contributed by atoms with van der Waals surface area (Å²) in [4.78, 5) is 25.4. The number of thiophene rings is 1. The van der Waals surface area contributed by atoms with Crippen molar-refractivity contribution < 1.29 is 13.6 Å². The van der Waals surface area contributed by atoms with Gasteiger partial charge in [0.1, 0.15) is 15.5 Å². The highest BCUT2D eigenvalue weighted by molar-refractivity contribution is 7.21. The Morgan fingerprint density at radius 2 is 2.12 bits per heavy atom. The summed E-state index contributed by atoms with van der Waals surface area (Å²) in [5, 5.41) is 3.98. The van der Waals surface area contributed by atoms with Crippen molar-refractivity contribution in [3.8, 4) is 0 Å². The molecule has 0 aromatic carbocycles. The summed E-state index contributed by atoms with van der Waals surface area (Å²) in [5.74, 6) is 0.504. The molecule has 7 nitrogen and oxygen atoms in total. The molecule has 1 saturated heterocycles. The van der Waals surface area contributed by atoms with Crippen LogP contribution >= 0.6 is 11.3 Å². The maximum Gasteiger partial charge on any atom is 0.263 e. The van der Waals surface area contributed by atoms with Crippen LogP contribution in [0.15, 0.2) is 18.2 Å². The van der Waals surface area contributed by atoms with Crippen molar-refractivity contribution in [3.63, 3.8) is 0 Å². The molecule has 0 bridgehead atoms. The Bertz CT molecular complexity index is 1280. The van der Waals surface area contributed by atoms with Crippen LogP contribution in [0.4, 0.5) is 20.3 Å². The number of nitrogens with one attached hydrogen (secondary N) is 1. The second-order valence-corrected chi connectivity index (χ2v) is 10.5. The fraction of sp³-hybridized carbons (Fsp3) is 0.458. The Labute approximate surface area is 200 Å². The molecule has 2 atom stereocenters. The van der Waals surface area contributed by atoms with Crippen molar-refractivity contribution in [2.45, 2.75) is 57.5 Å². The number of amides is 1. The Hall–Kier alpha value is -2.85. The van der Waals surface area contributed by atoms with Gasteiger partial charge in [0.15, 0.2) is 0 Å². The average Bonchev–Trinajstić information content (AvgIpc) is 3.35. The van der Waals surface area contributed by atoms with Gasteiger partial charge in [0.25, 0.3) is 12.3 Å². The number of anilines is 2. The maximum atomic E-state index is 13.3. The molecule has 34 heavy (non-hydrogen) atoms. The van der Waals surface area contributed by atoms with Crippen molar-refractivity contribution in [1.82, 2.24) is 15.3 Å². The number of nitrogens with two attached hydrogens (primary N) is 2. The first-order valence-corrected chi connectivity index (χ1v) is 12.2. The number of fused-ring (bicyclic) bond motifs is 2. The quantitative estimate of drug-likeness (QED) is 0.522. The number of alkyl halides is 2. The van der Waals surface area contributed by atoms with E-state index in [1.165, 1.54) is 11.3 Å². The van der Waals surface area contributed by atoms with Crippen molar-refractivity contribution >= 4 is 39.0 Å². The van der Waals surface area contributed by atoms with Crippen LogP contribution in [0, 0.1) is 13.8 Å². The highest BCUT2D eigenvalue weighted by Crippen LogP contribution is 2.35. The minimum Gasteiger partial charge on any atom is -0.397 e. The molecule has 2 aliphatic rings. The summed E-state index contributed by atoms with van der Waals surface area (Å²) in [5.41, 5.74) is 15.1. The number of aromatic nitrogens is 2. The van der Waals surface area contributed by atoms with Crippen LogP contribution in [0.3, 0.4) is 0 Å². The summed E-state index contributed by atoms with van der Waals surface area (Å²) in [6, 6.07) is 5.78. The number of hydrogen-bond donors (Lipinski definition) is 3. The van der Waals surface area contributed by atoms with E-state index >= 15 is 0 Å². The largest absolute Gasteiger partial charge is 0.397 e. The van der Waals surface area contributed by atoms with Gasteiger partial charge in [-0.2, -0.15) is 0 Å². The third-order valence-corrected chi connectivity index (χ3v) is 8.00. The molecule has 3 aromatic rings. The standard InChI is InChI=1S/C24H28F2N6OS/c1-12-9-13(2)29-22-18(12)19(27)20(34-22)21(33)30-15-4-5-16-14(10-15)3-6-17(31-16)32-8-7-24(28,11-32)23(25)26/h3,6,9,15,23H,4-5,7-8,10-11,27-28H2,1-2H3,(H,30,33). The summed E-state index contributed by atoms with van der Waals surface area (Å²) >= 11 is 1.32. The van der Waals surface area contributed by atoms with Gasteiger partial charge in [0, 0.05) is 35.9 Å². The number of carbonyl (C=O) groups is 1. The van der Waals surface area contributed by atoms with Crippen molar-refractivity contribution in [2.75, 3.05) is 23.7 Å². The predicted molar refractivity (Wildman–Crippen MR) is 131 cm³/mol. The normalized spacial score (nSPS) is 22.4. The lowest BCUT2D eigenvalue weighted by molar-refractivity contribution is 0.0655. The summed E-state index contributed by atoms with van der Waals surface area (Å²) in [6.45, 7) is 4.47. The van der Waals surface area contributed by atoms with E-state index in [0.717, 1.165) is 39.2 Å². The van der Waals surface area contributed by atoms with Gasteiger partial charge >= 0.3 is 0 Å². The second kappa shape index (κ2) is 8.42. The zero-order valence-corrected chi connectivity index (χ0v) is 20.0. The number of nitrogen functional groups attached to an aromatic ring is 1. The molecule has 0 saturated carbocycles. The van der Waals surface area contributed by atoms with Gasteiger partial charge in [0.2, 0.25) is 0 Å². The molecule has 4 heterocycles. The van der Waals surface area contributed by atoms with Gasteiger partial charge in [-0.25, -0.2) is 18.7 Å². The number of carbonyl (C=O) groups excluding carboxylic acids is 1. The molecule has 0 spiro atoms. The third-order valence-electron chi connectivity index (χ3n) is 6.91. The molecule has 5 rings (SSSR count). The Morgan fingerprint density at radius 3 is 2.85 bits per heavy atom. The minimum absolute atomic E-state index is 0.0321. The van der Waals surface area contributed by atoms with Crippen LogP contribution in [-0.2, 0) is 12.8 Å². The molecule has 1 aliphatic heterocycles. The van der Waals surface area contributed by atoms with Gasteiger partial charge in [-0.15, -0.1) is 11.3 Å². The van der Waals surface area contributed by atoms with E-state index in [1.54, 1.807) is 0 Å². The molecule has 1 amide bonds. The van der Waals surface area contributed by atoms with Crippen molar-refractivity contribution in [1.29, 1.82) is 0 Å². The first kappa shape index (κ1) is 22.9. The highest BCUT2D eigenvalue weighted by Gasteiger charge is 2.43. The SMILES string of the molecule is Cc1cc(C)c2c(N)c(C(=O)NC3CCc4nc(N5CCC(N)(C(F)F)C5)ccc4C3)sc2n1. The van der Waals surface area contributed by atoms with Gasteiger partial charge in [-0.1, -0.05) is 6.07 Å². The molecule has 1 aliphatic carbocycles. The summed E-state index contributed by atoms with van der Waals surface area (Å²) in [7, 11) is 0. The lowest BCUT2D eigenvalue weighted by Crippen LogP contribution is -2.49. The number of halogens is 2. The molecular formula is C24H28F2N6OS. The predicted octanol–water partition coefficient (Wildman–Crippen LogP) is 3.35. The first-order valence-electron chi connectivity index (χ1n) is 11.4. The van der Waals surface area contributed by atoms with Crippen LogP contribution in [0.2, 0.25) is 0 Å². The van der Waals surface area contributed by atoms with E-state index in [4.69, 9.17) is 16.5 Å². The zero-order valence-electron chi connectivity index (χ0n) is 19.2. The van der Waals surface area contributed by atoms with Crippen LogP contribution in [0.5, 0.6) is 0 Å². The smallest absolute Gasteiger partial charge is 0.263 e. The summed E-state index contributed by atoms with van der Waals surface area (Å²) < 4.78 is 26.5. The topological polar surface area (TPSA) is 110 Å². The van der Waals surface area contributed by atoms with E-state index < -0.39 is 12.0 Å². The molecule has 5 N–H and O–H groups in total. The molecule has 10 heteroatoms. The number of pyridine rings is 2. The maximum absolute atomic E-state index is 13.3. The van der Waals surface area contributed by atoms with Crippen LogP contribution in [0.25, 0.3) is 10.2 Å². The van der Waals surface area contributed by atoms with Crippen LogP contribution in [0.1, 0.15) is 45.0 Å². The molecule has 0 radical (unpaired) electrons. The number of hydrogen-bond acceptors (Lipinski definition) is 7. The molecule has 1 fully saturated rings. The van der Waals surface area contributed by atoms with Gasteiger partial charge in [0.05, 0.1) is 11.2 Å². The number of nitrogens with zero attached hydrogens (tertiary/aromatic N) is 3. The van der Waals surface area contributed by atoms with Crippen LogP contribution in [-0.4, -0.2) is 47.0 Å². The Balaban J connectivity index is 1.29. The molecular weight excluding hydrogens is 458 g/mol. The molecule has 3 aromatic heterocycles. The number of aryl methyl sites for hydroxylation is 3.